The normalized spacial score (nSPS) is 11.0. The first-order valence-corrected chi connectivity index (χ1v) is 9.61. The van der Waals surface area contributed by atoms with E-state index >= 15 is 0 Å². The van der Waals surface area contributed by atoms with Gasteiger partial charge >= 0.3 is 0 Å². The van der Waals surface area contributed by atoms with Crippen LogP contribution >= 0.6 is 0 Å². The van der Waals surface area contributed by atoms with E-state index in [-0.39, 0.29) is 5.91 Å². The van der Waals surface area contributed by atoms with Crippen molar-refractivity contribution in [1.82, 2.24) is 24.6 Å². The molecule has 2 aromatic carbocycles. The maximum Gasteiger partial charge on any atom is 0.278 e. The van der Waals surface area contributed by atoms with Crippen molar-refractivity contribution < 1.29 is 4.79 Å². The van der Waals surface area contributed by atoms with Gasteiger partial charge in [0, 0.05) is 29.9 Å². The molecule has 0 aliphatic heterocycles. The lowest BCUT2D eigenvalue weighted by Gasteiger charge is -2.17. The minimum absolute atomic E-state index is 0.257. The first-order chi connectivity index (χ1) is 15.0. The van der Waals surface area contributed by atoms with E-state index in [0.29, 0.717) is 22.6 Å². The Morgan fingerprint density at radius 1 is 1.13 bits per heavy atom. The van der Waals surface area contributed by atoms with Gasteiger partial charge < -0.3 is 4.90 Å². The number of nitrogens with one attached hydrogen (secondary N) is 1. The minimum Gasteiger partial charge on any atom is -0.310 e. The van der Waals surface area contributed by atoms with Gasteiger partial charge in [-0.1, -0.05) is 6.07 Å². The van der Waals surface area contributed by atoms with Crippen molar-refractivity contribution >= 4 is 28.1 Å². The lowest BCUT2D eigenvalue weighted by molar-refractivity contribution is 0.0988. The number of nitrogens with zero attached hydrogens (tertiary/aromatic N) is 6. The fourth-order valence-corrected chi connectivity index (χ4v) is 3.57. The average Bonchev–Trinajstić information content (AvgIpc) is 3.41. The van der Waals surface area contributed by atoms with Crippen molar-refractivity contribution in [3.8, 4) is 17.3 Å². The third-order valence-corrected chi connectivity index (χ3v) is 5.35. The SMILES string of the molecule is Cc1n[nH]c2ccc(-c3cnc4cnc(C(=O)N(C)c5ccc(C#N)cc5)cn34)cc12. The van der Waals surface area contributed by atoms with Gasteiger partial charge in [-0.15, -0.1) is 0 Å². The number of hydrogen-bond acceptors (Lipinski definition) is 5. The van der Waals surface area contributed by atoms with E-state index in [0.717, 1.165) is 27.9 Å². The number of rotatable bonds is 3. The van der Waals surface area contributed by atoms with E-state index in [9.17, 15) is 4.79 Å². The topological polar surface area (TPSA) is 103 Å². The molecule has 0 saturated heterocycles. The number of aromatic amines is 1. The van der Waals surface area contributed by atoms with E-state index in [2.05, 4.69) is 32.3 Å². The highest BCUT2D eigenvalue weighted by molar-refractivity contribution is 6.04. The molecule has 0 saturated carbocycles. The van der Waals surface area contributed by atoms with Gasteiger partial charge in [0.1, 0.15) is 5.69 Å². The van der Waals surface area contributed by atoms with Gasteiger partial charge in [-0.3, -0.25) is 14.3 Å². The molecule has 8 heteroatoms. The Labute approximate surface area is 177 Å². The number of carbonyl (C=O) groups is 1. The molecular weight excluding hydrogens is 390 g/mol. The summed E-state index contributed by atoms with van der Waals surface area (Å²) in [6.07, 6.45) is 5.06. The molecule has 0 atom stereocenters. The number of benzene rings is 2. The molecule has 0 aliphatic carbocycles. The van der Waals surface area contributed by atoms with Crippen LogP contribution in [0.1, 0.15) is 21.7 Å². The van der Waals surface area contributed by atoms with E-state index < -0.39 is 0 Å². The van der Waals surface area contributed by atoms with Crippen molar-refractivity contribution in [2.75, 3.05) is 11.9 Å². The number of imidazole rings is 1. The molecule has 8 nitrogen and oxygen atoms in total. The molecule has 0 radical (unpaired) electrons. The van der Waals surface area contributed by atoms with Gasteiger partial charge in [-0.05, 0) is 43.3 Å². The summed E-state index contributed by atoms with van der Waals surface area (Å²) >= 11 is 0. The summed E-state index contributed by atoms with van der Waals surface area (Å²) in [5.74, 6) is -0.257. The molecule has 31 heavy (non-hydrogen) atoms. The van der Waals surface area contributed by atoms with Gasteiger partial charge in [0.25, 0.3) is 5.91 Å². The average molecular weight is 407 g/mol. The van der Waals surface area contributed by atoms with Crippen LogP contribution in [0.4, 0.5) is 5.69 Å². The van der Waals surface area contributed by atoms with Gasteiger partial charge in [0.15, 0.2) is 5.65 Å². The molecule has 0 bridgehead atoms. The Hall–Kier alpha value is -4.51. The number of nitriles is 1. The van der Waals surface area contributed by atoms with Crippen LogP contribution in [0.2, 0.25) is 0 Å². The summed E-state index contributed by atoms with van der Waals surface area (Å²) in [7, 11) is 1.68. The van der Waals surface area contributed by atoms with Crippen molar-refractivity contribution in [3.05, 3.63) is 78.0 Å². The van der Waals surface area contributed by atoms with Crippen LogP contribution in [0.15, 0.2) is 61.1 Å². The van der Waals surface area contributed by atoms with Crippen LogP contribution in [-0.2, 0) is 0 Å². The summed E-state index contributed by atoms with van der Waals surface area (Å²) in [5.41, 5.74) is 5.87. The summed E-state index contributed by atoms with van der Waals surface area (Å²) in [6, 6.07) is 14.9. The number of aromatic nitrogens is 5. The molecule has 0 aliphatic rings. The molecule has 0 fully saturated rings. The molecule has 0 unspecified atom stereocenters. The van der Waals surface area contributed by atoms with E-state index in [1.807, 2.05) is 23.5 Å². The maximum absolute atomic E-state index is 13.0. The molecule has 150 valence electrons. The first-order valence-electron chi connectivity index (χ1n) is 9.61. The van der Waals surface area contributed by atoms with Gasteiger partial charge in [0.2, 0.25) is 0 Å². The monoisotopic (exact) mass is 407 g/mol. The molecule has 3 aromatic heterocycles. The maximum atomic E-state index is 13.0. The predicted molar refractivity (Wildman–Crippen MR) is 117 cm³/mol. The zero-order valence-electron chi connectivity index (χ0n) is 16.9. The summed E-state index contributed by atoms with van der Waals surface area (Å²) in [6.45, 7) is 1.96. The van der Waals surface area contributed by atoms with Gasteiger partial charge in [-0.2, -0.15) is 10.4 Å². The summed E-state index contributed by atoms with van der Waals surface area (Å²) in [5, 5.41) is 17.3. The van der Waals surface area contributed by atoms with Gasteiger partial charge in [0.05, 0.1) is 40.9 Å². The molecule has 3 heterocycles. The summed E-state index contributed by atoms with van der Waals surface area (Å²) in [4.78, 5) is 23.3. The van der Waals surface area contributed by atoms with E-state index in [1.165, 1.54) is 4.90 Å². The zero-order chi connectivity index (χ0) is 21.5. The third kappa shape index (κ3) is 3.09. The second-order valence-electron chi connectivity index (χ2n) is 7.24. The van der Waals surface area contributed by atoms with Crippen LogP contribution in [0.3, 0.4) is 0 Å². The highest BCUT2D eigenvalue weighted by Crippen LogP contribution is 2.26. The van der Waals surface area contributed by atoms with Crippen LogP contribution < -0.4 is 4.90 Å². The Kier molecular flexibility index (Phi) is 4.22. The highest BCUT2D eigenvalue weighted by atomic mass is 16.2. The van der Waals surface area contributed by atoms with Crippen LogP contribution in [0, 0.1) is 18.3 Å². The zero-order valence-corrected chi connectivity index (χ0v) is 16.9. The minimum atomic E-state index is -0.257. The number of anilines is 1. The second-order valence-corrected chi connectivity index (χ2v) is 7.24. The van der Waals surface area contributed by atoms with Crippen LogP contribution in [0.25, 0.3) is 27.8 Å². The smallest absolute Gasteiger partial charge is 0.278 e. The van der Waals surface area contributed by atoms with Crippen LogP contribution in [0.5, 0.6) is 0 Å². The Morgan fingerprint density at radius 3 is 2.71 bits per heavy atom. The Morgan fingerprint density at radius 2 is 1.94 bits per heavy atom. The van der Waals surface area contributed by atoms with Crippen molar-refractivity contribution in [3.63, 3.8) is 0 Å². The van der Waals surface area contributed by atoms with E-state index in [1.54, 1.807) is 49.9 Å². The Bertz CT molecular complexity index is 1490. The highest BCUT2D eigenvalue weighted by Gasteiger charge is 2.17. The lowest BCUT2D eigenvalue weighted by atomic mass is 10.1. The lowest BCUT2D eigenvalue weighted by Crippen LogP contribution is -2.27. The number of aryl methyl sites for hydroxylation is 1. The largest absolute Gasteiger partial charge is 0.310 e. The molecule has 5 aromatic rings. The quantitative estimate of drug-likeness (QED) is 0.491. The van der Waals surface area contributed by atoms with Gasteiger partial charge in [-0.25, -0.2) is 9.97 Å². The standard InChI is InChI=1S/C23H17N7O/c1-14-18-9-16(5-8-19(18)28-27-14)21-11-26-22-12-25-20(13-30(21)22)23(31)29(2)17-6-3-15(10-24)4-7-17/h3-9,11-13H,1-2H3,(H,27,28). The van der Waals surface area contributed by atoms with Crippen LogP contribution in [-0.4, -0.2) is 37.5 Å². The number of fused-ring (bicyclic) bond motifs is 2. The fraction of sp³-hybridized carbons (Fsp3) is 0.0870. The number of hydrogen-bond donors (Lipinski definition) is 1. The predicted octanol–water partition coefficient (Wildman–Crippen LogP) is 3.73. The fourth-order valence-electron chi connectivity index (χ4n) is 3.57. The second kappa shape index (κ2) is 7.07. The molecule has 1 amide bonds. The van der Waals surface area contributed by atoms with Crippen molar-refractivity contribution in [1.29, 1.82) is 5.26 Å². The molecule has 0 spiro atoms. The number of carbonyl (C=O) groups excluding carboxylic acids is 1. The number of H-pyrrole nitrogens is 1. The first kappa shape index (κ1) is 18.5. The number of amides is 1. The van der Waals surface area contributed by atoms with E-state index in [4.69, 9.17) is 5.26 Å². The molecule has 1 N–H and O–H groups in total. The van der Waals surface area contributed by atoms with Crippen molar-refractivity contribution in [2.45, 2.75) is 6.92 Å². The molecule has 5 rings (SSSR count). The van der Waals surface area contributed by atoms with Crippen molar-refractivity contribution in [2.24, 2.45) is 0 Å². The Balaban J connectivity index is 1.54. The third-order valence-electron chi connectivity index (χ3n) is 5.35. The molecular formula is C23H17N7O. The summed E-state index contributed by atoms with van der Waals surface area (Å²) < 4.78 is 1.86.